The molecular weight excluding hydrogens is 506 g/mol. The van der Waals surface area contributed by atoms with Gasteiger partial charge < -0.3 is 34.1 Å². The Hall–Kier alpha value is -2.53. The van der Waals surface area contributed by atoms with Crippen molar-refractivity contribution in [1.29, 1.82) is 0 Å². The summed E-state index contributed by atoms with van der Waals surface area (Å²) in [6.07, 6.45) is 8.42. The van der Waals surface area contributed by atoms with Gasteiger partial charge >= 0.3 is 11.9 Å². The third-order valence-electron chi connectivity index (χ3n) is 7.55. The second-order valence-electron chi connectivity index (χ2n) is 10.9. The molecule has 10 nitrogen and oxygen atoms in total. The van der Waals surface area contributed by atoms with E-state index in [0.717, 1.165) is 12.0 Å². The lowest BCUT2D eigenvalue weighted by Crippen LogP contribution is -2.50. The van der Waals surface area contributed by atoms with Gasteiger partial charge in [-0.1, -0.05) is 30.7 Å². The number of epoxide rings is 1. The number of aliphatic hydroxyl groups is 1. The van der Waals surface area contributed by atoms with Crippen LogP contribution in [0.3, 0.4) is 0 Å². The first-order valence-corrected chi connectivity index (χ1v) is 13.6. The van der Waals surface area contributed by atoms with Crippen molar-refractivity contribution in [1.82, 2.24) is 5.32 Å². The van der Waals surface area contributed by atoms with Crippen LogP contribution in [0.5, 0.6) is 0 Å². The van der Waals surface area contributed by atoms with E-state index >= 15 is 0 Å². The number of aliphatic hydroxyl groups excluding tert-OH is 1. The number of esters is 2. The summed E-state index contributed by atoms with van der Waals surface area (Å²) in [4.78, 5) is 35.1. The molecule has 0 aliphatic carbocycles. The maximum Gasteiger partial charge on any atom is 0.308 e. The summed E-state index contributed by atoms with van der Waals surface area (Å²) in [5, 5.41) is 13.7. The summed E-state index contributed by atoms with van der Waals surface area (Å²) < 4.78 is 27.5. The van der Waals surface area contributed by atoms with Gasteiger partial charge in [-0.15, -0.1) is 0 Å². The minimum atomic E-state index is -0.801. The molecule has 1 unspecified atom stereocenters. The van der Waals surface area contributed by atoms with E-state index in [2.05, 4.69) is 18.3 Å². The van der Waals surface area contributed by atoms with E-state index in [1.165, 1.54) is 20.1 Å². The summed E-state index contributed by atoms with van der Waals surface area (Å²) in [6.45, 7) is 9.51. The van der Waals surface area contributed by atoms with E-state index in [0.29, 0.717) is 19.4 Å². The molecular formula is C29H43NO9. The van der Waals surface area contributed by atoms with Crippen molar-refractivity contribution >= 4 is 17.8 Å². The number of hydrogen-bond donors (Lipinski definition) is 2. The van der Waals surface area contributed by atoms with Crippen LogP contribution < -0.4 is 5.32 Å². The first-order chi connectivity index (χ1) is 18.4. The normalized spacial score (nSPS) is 35.7. The minimum Gasteiger partial charge on any atom is -0.469 e. The lowest BCUT2D eigenvalue weighted by molar-refractivity contribution is -0.157. The fraction of sp³-hybridized carbons (Fsp3) is 0.690. The Kier molecular flexibility index (Phi) is 10.9. The molecule has 3 rings (SSSR count). The van der Waals surface area contributed by atoms with Gasteiger partial charge in [0.15, 0.2) is 0 Å². The molecule has 0 aromatic carbocycles. The summed E-state index contributed by atoms with van der Waals surface area (Å²) in [5.74, 6) is -0.779. The highest BCUT2D eigenvalue weighted by Gasteiger charge is 2.58. The van der Waals surface area contributed by atoms with E-state index in [4.69, 9.17) is 23.7 Å². The molecule has 3 aliphatic rings. The van der Waals surface area contributed by atoms with Gasteiger partial charge in [-0.25, -0.2) is 0 Å². The molecule has 3 heterocycles. The zero-order valence-corrected chi connectivity index (χ0v) is 23.8. The zero-order valence-electron chi connectivity index (χ0n) is 23.8. The smallest absolute Gasteiger partial charge is 0.308 e. The molecule has 0 aromatic heterocycles. The number of methoxy groups -OCH3 is 1. The number of amides is 1. The molecule has 3 aliphatic heterocycles. The van der Waals surface area contributed by atoms with Crippen molar-refractivity contribution in [2.45, 2.75) is 109 Å². The fourth-order valence-corrected chi connectivity index (χ4v) is 5.16. The SMILES string of the molecule is COC(=O)C[C@@H]1C[C@@]2(CO2)[C@H](O)C(/C=C/C(C)=C/C[C@@H]2O[C@H](C)[C@H](NC(=O)/C=C\[C@H](C)OC(C)=O)C[C@@H]2C)O1. The molecule has 3 fully saturated rings. The van der Waals surface area contributed by atoms with Crippen LogP contribution in [-0.2, 0) is 38.1 Å². The first kappa shape index (κ1) is 31.0. The average Bonchev–Trinajstić information content (AvgIpc) is 3.64. The molecule has 1 spiro atoms. The van der Waals surface area contributed by atoms with E-state index < -0.39 is 29.9 Å². The topological polar surface area (TPSA) is 133 Å². The average molecular weight is 550 g/mol. The van der Waals surface area contributed by atoms with Crippen LogP contribution >= 0.6 is 0 Å². The fourth-order valence-electron chi connectivity index (χ4n) is 5.16. The second kappa shape index (κ2) is 13.7. The Morgan fingerprint density at radius 2 is 1.90 bits per heavy atom. The molecule has 1 amide bonds. The first-order valence-electron chi connectivity index (χ1n) is 13.6. The third-order valence-corrected chi connectivity index (χ3v) is 7.55. The number of allylic oxidation sites excluding steroid dienone is 2. The number of ether oxygens (including phenoxy) is 5. The highest BCUT2D eigenvalue weighted by Crippen LogP contribution is 2.43. The number of carbonyl (C=O) groups is 3. The lowest BCUT2D eigenvalue weighted by atomic mass is 9.87. The molecule has 0 radical (unpaired) electrons. The highest BCUT2D eigenvalue weighted by molar-refractivity contribution is 5.87. The molecule has 3 saturated heterocycles. The molecule has 9 atom stereocenters. The molecule has 10 heteroatoms. The van der Waals surface area contributed by atoms with Crippen molar-refractivity contribution in [3.63, 3.8) is 0 Å². The van der Waals surface area contributed by atoms with Gasteiger partial charge in [-0.2, -0.15) is 0 Å². The molecule has 0 aromatic rings. The number of rotatable bonds is 10. The Balaban J connectivity index is 1.50. The lowest BCUT2D eigenvalue weighted by Gasteiger charge is -2.39. The van der Waals surface area contributed by atoms with E-state index in [1.807, 2.05) is 26.0 Å². The van der Waals surface area contributed by atoms with Crippen LogP contribution in [0.15, 0.2) is 36.0 Å². The Bertz CT molecular complexity index is 970. The monoisotopic (exact) mass is 549 g/mol. The van der Waals surface area contributed by atoms with Crippen molar-refractivity contribution in [2.24, 2.45) is 5.92 Å². The van der Waals surface area contributed by atoms with Crippen molar-refractivity contribution < 1.29 is 43.2 Å². The van der Waals surface area contributed by atoms with Gasteiger partial charge in [0.1, 0.15) is 23.9 Å². The predicted molar refractivity (Wildman–Crippen MR) is 143 cm³/mol. The van der Waals surface area contributed by atoms with Gasteiger partial charge in [-0.05, 0) is 45.6 Å². The maximum absolute atomic E-state index is 12.3. The Labute approximate surface area is 230 Å². The van der Waals surface area contributed by atoms with Gasteiger partial charge in [-0.3, -0.25) is 14.4 Å². The van der Waals surface area contributed by atoms with E-state index in [1.54, 1.807) is 13.0 Å². The molecule has 0 saturated carbocycles. The van der Waals surface area contributed by atoms with Gasteiger partial charge in [0.25, 0.3) is 0 Å². The minimum absolute atomic E-state index is 0.000115. The standard InChI is InChI=1S/C29H43NO9/c1-17(8-11-25-28(34)29(16-36-29)15-22(39-25)14-27(33)35-6)7-10-24-18(2)13-23(20(4)38-24)30-26(32)12-9-19(3)37-21(5)31/h7-9,11-12,18-20,22-25,28,34H,10,13-16H2,1-6H3,(H,30,32)/b11-8+,12-9-,17-7+/t18-,19-,20+,22+,23+,24-,25?,28+,29+/m0/s1. The Morgan fingerprint density at radius 3 is 2.54 bits per heavy atom. The van der Waals surface area contributed by atoms with Crippen molar-refractivity contribution in [3.8, 4) is 0 Å². The summed E-state index contributed by atoms with van der Waals surface area (Å²) in [5.41, 5.74) is 0.352. The second-order valence-corrected chi connectivity index (χ2v) is 10.9. The van der Waals surface area contributed by atoms with Crippen molar-refractivity contribution in [3.05, 3.63) is 36.0 Å². The maximum atomic E-state index is 12.3. The van der Waals surface area contributed by atoms with Crippen LogP contribution in [-0.4, -0.2) is 84.9 Å². The summed E-state index contributed by atoms with van der Waals surface area (Å²) in [7, 11) is 1.34. The quantitative estimate of drug-likeness (QED) is 0.183. The Morgan fingerprint density at radius 1 is 1.18 bits per heavy atom. The highest BCUT2D eigenvalue weighted by atomic mass is 16.6. The number of hydrogen-bond acceptors (Lipinski definition) is 9. The molecule has 2 N–H and O–H groups in total. The largest absolute Gasteiger partial charge is 0.469 e. The van der Waals surface area contributed by atoms with Crippen LogP contribution in [0, 0.1) is 5.92 Å². The van der Waals surface area contributed by atoms with Gasteiger partial charge in [0, 0.05) is 19.4 Å². The summed E-state index contributed by atoms with van der Waals surface area (Å²) in [6, 6.07) is -0.123. The molecule has 39 heavy (non-hydrogen) atoms. The molecule has 218 valence electrons. The van der Waals surface area contributed by atoms with Crippen LogP contribution in [0.2, 0.25) is 0 Å². The van der Waals surface area contributed by atoms with Crippen LogP contribution in [0.4, 0.5) is 0 Å². The zero-order chi connectivity index (χ0) is 28.7. The third kappa shape index (κ3) is 8.99. The number of carbonyl (C=O) groups excluding carboxylic acids is 3. The van der Waals surface area contributed by atoms with Gasteiger partial charge in [0.2, 0.25) is 5.91 Å². The number of nitrogens with one attached hydrogen (secondary N) is 1. The van der Waals surface area contributed by atoms with Crippen molar-refractivity contribution in [2.75, 3.05) is 13.7 Å². The van der Waals surface area contributed by atoms with Crippen LogP contribution in [0.1, 0.15) is 60.3 Å². The van der Waals surface area contributed by atoms with Crippen LogP contribution in [0.25, 0.3) is 0 Å². The van der Waals surface area contributed by atoms with E-state index in [-0.39, 0.29) is 48.6 Å². The van der Waals surface area contributed by atoms with Gasteiger partial charge in [0.05, 0.1) is 44.5 Å². The van der Waals surface area contributed by atoms with E-state index in [9.17, 15) is 19.5 Å². The molecule has 0 bridgehead atoms. The summed E-state index contributed by atoms with van der Waals surface area (Å²) >= 11 is 0. The predicted octanol–water partition coefficient (Wildman–Crippen LogP) is 2.54.